The fourth-order valence-corrected chi connectivity index (χ4v) is 2.69. The lowest BCUT2D eigenvalue weighted by Crippen LogP contribution is -2.56. The van der Waals surface area contributed by atoms with Crippen LogP contribution in [0, 0.1) is 6.92 Å². The first-order chi connectivity index (χ1) is 9.01. The number of rotatable bonds is 7. The van der Waals surface area contributed by atoms with Crippen LogP contribution in [0.4, 0.5) is 0 Å². The van der Waals surface area contributed by atoms with E-state index in [1.807, 2.05) is 13.0 Å². The number of aliphatic hydroxyl groups is 3. The van der Waals surface area contributed by atoms with Crippen LogP contribution >= 0.6 is 11.3 Å². The summed E-state index contributed by atoms with van der Waals surface area (Å²) in [5.41, 5.74) is -0.236. The molecule has 0 radical (unpaired) electrons. The first-order valence-corrected chi connectivity index (χ1v) is 7.08. The third kappa shape index (κ3) is 3.76. The van der Waals surface area contributed by atoms with E-state index >= 15 is 0 Å². The van der Waals surface area contributed by atoms with Gasteiger partial charge in [-0.1, -0.05) is 13.3 Å². The maximum atomic E-state index is 12.1. The van der Waals surface area contributed by atoms with Crippen molar-refractivity contribution in [2.24, 2.45) is 0 Å². The predicted molar refractivity (Wildman–Crippen MR) is 74.5 cm³/mol. The number of carbonyl (C=O) groups is 1. The minimum Gasteiger partial charge on any atom is -0.394 e. The molecule has 0 aromatic carbocycles. The second kappa shape index (κ2) is 7.00. The smallest absolute Gasteiger partial charge is 0.262 e. The summed E-state index contributed by atoms with van der Waals surface area (Å²) in [6.07, 6.45) is 1.92. The molecule has 1 rings (SSSR count). The average Bonchev–Trinajstić information content (AvgIpc) is 2.78. The number of hydrogen-bond acceptors (Lipinski definition) is 5. The van der Waals surface area contributed by atoms with Crippen molar-refractivity contribution in [2.45, 2.75) is 32.2 Å². The second-order valence-electron chi connectivity index (χ2n) is 4.65. The van der Waals surface area contributed by atoms with Crippen LogP contribution in [0.3, 0.4) is 0 Å². The zero-order valence-electron chi connectivity index (χ0n) is 11.3. The maximum Gasteiger partial charge on any atom is 0.262 e. The molecule has 0 bridgehead atoms. The Morgan fingerprint density at radius 2 is 1.89 bits per heavy atom. The predicted octanol–water partition coefficient (Wildman–Crippen LogP) is 0.455. The number of nitrogens with one attached hydrogen (secondary N) is 1. The van der Waals surface area contributed by atoms with Gasteiger partial charge in [0.15, 0.2) is 0 Å². The largest absolute Gasteiger partial charge is 0.394 e. The summed E-state index contributed by atoms with van der Waals surface area (Å²) >= 11 is 1.38. The highest BCUT2D eigenvalue weighted by Crippen LogP contribution is 2.23. The minimum atomic E-state index is -1.38. The second-order valence-corrected chi connectivity index (χ2v) is 5.91. The molecule has 19 heavy (non-hydrogen) atoms. The molecule has 0 fully saturated rings. The topological polar surface area (TPSA) is 89.8 Å². The molecule has 0 aliphatic carbocycles. The van der Waals surface area contributed by atoms with Crippen LogP contribution in [-0.2, 0) is 6.42 Å². The number of thiophene rings is 1. The summed E-state index contributed by atoms with van der Waals surface area (Å²) < 4.78 is 0. The van der Waals surface area contributed by atoms with Crippen molar-refractivity contribution < 1.29 is 20.1 Å². The normalized spacial score (nSPS) is 11.6. The highest BCUT2D eigenvalue weighted by Gasteiger charge is 2.30. The Hall–Kier alpha value is -0.950. The molecule has 0 aliphatic heterocycles. The van der Waals surface area contributed by atoms with E-state index in [0.717, 1.165) is 23.3 Å². The fourth-order valence-electron chi connectivity index (χ4n) is 1.72. The van der Waals surface area contributed by atoms with Crippen LogP contribution in [0.25, 0.3) is 0 Å². The van der Waals surface area contributed by atoms with E-state index in [1.54, 1.807) is 0 Å². The third-order valence-corrected chi connectivity index (χ3v) is 4.14. The van der Waals surface area contributed by atoms with Gasteiger partial charge in [0.05, 0.1) is 24.7 Å². The first kappa shape index (κ1) is 16.1. The number of carbonyl (C=O) groups excluding carboxylic acids is 1. The van der Waals surface area contributed by atoms with Crippen LogP contribution in [0.1, 0.15) is 33.5 Å². The summed E-state index contributed by atoms with van der Waals surface area (Å²) in [6.45, 7) is 2.49. The van der Waals surface area contributed by atoms with Gasteiger partial charge >= 0.3 is 0 Å². The molecule has 0 spiro atoms. The molecule has 1 heterocycles. The monoisotopic (exact) mass is 287 g/mol. The molecule has 1 aromatic rings. The fraction of sp³-hybridized carbons (Fsp3) is 0.615. The first-order valence-electron chi connectivity index (χ1n) is 6.26. The van der Waals surface area contributed by atoms with Gasteiger partial charge in [0.2, 0.25) is 0 Å². The molecular formula is C13H21NO4S. The van der Waals surface area contributed by atoms with Gasteiger partial charge in [-0.2, -0.15) is 0 Å². The lowest BCUT2D eigenvalue weighted by molar-refractivity contribution is 0.0377. The minimum absolute atomic E-state index is 0.382. The molecule has 0 unspecified atom stereocenters. The van der Waals surface area contributed by atoms with Gasteiger partial charge in [0.1, 0.15) is 5.54 Å². The van der Waals surface area contributed by atoms with Crippen molar-refractivity contribution in [1.82, 2.24) is 5.32 Å². The van der Waals surface area contributed by atoms with Gasteiger partial charge in [0.25, 0.3) is 5.91 Å². The summed E-state index contributed by atoms with van der Waals surface area (Å²) in [7, 11) is 0. The zero-order chi connectivity index (χ0) is 14.5. The van der Waals surface area contributed by atoms with E-state index in [0.29, 0.717) is 4.88 Å². The quantitative estimate of drug-likeness (QED) is 0.586. The molecule has 1 aromatic heterocycles. The van der Waals surface area contributed by atoms with Gasteiger partial charge in [0, 0.05) is 4.88 Å². The zero-order valence-corrected chi connectivity index (χ0v) is 12.1. The van der Waals surface area contributed by atoms with Crippen molar-refractivity contribution in [3.8, 4) is 0 Å². The lowest BCUT2D eigenvalue weighted by atomic mass is 10.0. The summed E-state index contributed by atoms with van der Waals surface area (Å²) in [4.78, 5) is 13.7. The van der Waals surface area contributed by atoms with Crippen molar-refractivity contribution in [3.05, 3.63) is 21.4 Å². The Morgan fingerprint density at radius 3 is 2.37 bits per heavy atom. The van der Waals surface area contributed by atoms with E-state index in [9.17, 15) is 20.1 Å². The Kier molecular flexibility index (Phi) is 5.93. The van der Waals surface area contributed by atoms with Crippen LogP contribution < -0.4 is 5.32 Å². The summed E-state index contributed by atoms with van der Waals surface area (Å²) in [5.74, 6) is -0.382. The lowest BCUT2D eigenvalue weighted by Gasteiger charge is -2.28. The van der Waals surface area contributed by atoms with Gasteiger partial charge < -0.3 is 20.6 Å². The van der Waals surface area contributed by atoms with E-state index < -0.39 is 25.4 Å². The number of aliphatic hydroxyl groups excluding tert-OH is 3. The third-order valence-electron chi connectivity index (χ3n) is 3.05. The van der Waals surface area contributed by atoms with Crippen LogP contribution in [0.5, 0.6) is 0 Å². The van der Waals surface area contributed by atoms with Gasteiger partial charge in [-0.15, -0.1) is 11.3 Å². The van der Waals surface area contributed by atoms with Gasteiger partial charge in [-0.05, 0) is 25.0 Å². The number of aryl methyl sites for hydroxylation is 2. The molecule has 108 valence electrons. The standard InChI is InChI=1S/C13H21NO4S/c1-3-4-10-5-11(19-9(10)2)12(18)14-13(6-15,7-16)8-17/h5,15-17H,3-4,6-8H2,1-2H3,(H,14,18). The molecule has 0 atom stereocenters. The van der Waals surface area contributed by atoms with E-state index in [-0.39, 0.29) is 5.91 Å². The Labute approximate surface area is 116 Å². The van der Waals surface area contributed by atoms with Crippen LogP contribution in [-0.4, -0.2) is 46.6 Å². The van der Waals surface area contributed by atoms with Crippen molar-refractivity contribution in [3.63, 3.8) is 0 Å². The van der Waals surface area contributed by atoms with Gasteiger partial charge in [-0.25, -0.2) is 0 Å². The SMILES string of the molecule is CCCc1cc(C(=O)NC(CO)(CO)CO)sc1C. The highest BCUT2D eigenvalue weighted by molar-refractivity contribution is 7.14. The molecule has 0 aliphatic rings. The van der Waals surface area contributed by atoms with E-state index in [2.05, 4.69) is 12.2 Å². The maximum absolute atomic E-state index is 12.1. The Bertz CT molecular complexity index is 418. The highest BCUT2D eigenvalue weighted by atomic mass is 32.1. The number of amides is 1. The Morgan fingerprint density at radius 1 is 1.32 bits per heavy atom. The van der Waals surface area contributed by atoms with E-state index in [4.69, 9.17) is 0 Å². The summed E-state index contributed by atoms with van der Waals surface area (Å²) in [6, 6.07) is 1.83. The Balaban J connectivity index is 2.86. The number of hydrogen-bond donors (Lipinski definition) is 4. The molecule has 1 amide bonds. The average molecular weight is 287 g/mol. The van der Waals surface area contributed by atoms with Crippen LogP contribution in [0.2, 0.25) is 0 Å². The molecule has 4 N–H and O–H groups in total. The molecule has 0 saturated carbocycles. The molecule has 0 saturated heterocycles. The van der Waals surface area contributed by atoms with Crippen molar-refractivity contribution >= 4 is 17.2 Å². The van der Waals surface area contributed by atoms with Gasteiger partial charge in [-0.3, -0.25) is 4.79 Å². The molecule has 5 nitrogen and oxygen atoms in total. The van der Waals surface area contributed by atoms with Crippen LogP contribution in [0.15, 0.2) is 6.07 Å². The van der Waals surface area contributed by atoms with Crippen molar-refractivity contribution in [1.29, 1.82) is 0 Å². The van der Waals surface area contributed by atoms with Crippen molar-refractivity contribution in [2.75, 3.05) is 19.8 Å². The molecular weight excluding hydrogens is 266 g/mol. The van der Waals surface area contributed by atoms with E-state index in [1.165, 1.54) is 11.3 Å². The molecule has 6 heteroatoms. The summed E-state index contributed by atoms with van der Waals surface area (Å²) in [5, 5.41) is 30.1.